The molecular formula is C14H27N3O2. The van der Waals surface area contributed by atoms with E-state index < -0.39 is 0 Å². The van der Waals surface area contributed by atoms with Crippen LogP contribution in [-0.2, 0) is 9.59 Å². The fraction of sp³-hybridized carbons (Fsp3) is 0.857. The summed E-state index contributed by atoms with van der Waals surface area (Å²) < 4.78 is 0. The van der Waals surface area contributed by atoms with Crippen LogP contribution in [0.2, 0.25) is 0 Å². The van der Waals surface area contributed by atoms with Crippen molar-refractivity contribution in [3.05, 3.63) is 0 Å². The first-order valence-corrected chi connectivity index (χ1v) is 7.07. The SMILES string of the molecule is CCC(C)(C)NC(=O)C(C)NC1CCC(=O)N(C)C1. The van der Waals surface area contributed by atoms with Gasteiger partial charge in [-0.05, 0) is 33.6 Å². The molecule has 0 bridgehead atoms. The van der Waals surface area contributed by atoms with Crippen molar-refractivity contribution < 1.29 is 9.59 Å². The Balaban J connectivity index is 2.44. The molecule has 2 unspecified atom stereocenters. The first-order chi connectivity index (χ1) is 8.75. The highest BCUT2D eigenvalue weighted by Gasteiger charge is 2.27. The van der Waals surface area contributed by atoms with Crippen molar-refractivity contribution in [3.8, 4) is 0 Å². The molecule has 1 saturated heterocycles. The lowest BCUT2D eigenvalue weighted by Crippen LogP contribution is -2.55. The van der Waals surface area contributed by atoms with Gasteiger partial charge in [0.25, 0.3) is 0 Å². The molecule has 5 heteroatoms. The molecule has 0 spiro atoms. The second kappa shape index (κ2) is 6.37. The van der Waals surface area contributed by atoms with Crippen molar-refractivity contribution in [3.63, 3.8) is 0 Å². The summed E-state index contributed by atoms with van der Waals surface area (Å²) in [5, 5.41) is 6.34. The van der Waals surface area contributed by atoms with Crippen LogP contribution in [0.15, 0.2) is 0 Å². The first kappa shape index (κ1) is 16.0. The zero-order valence-corrected chi connectivity index (χ0v) is 12.7. The molecule has 0 saturated carbocycles. The Bertz CT molecular complexity index is 342. The largest absolute Gasteiger partial charge is 0.350 e. The molecule has 1 aliphatic rings. The van der Waals surface area contributed by atoms with Gasteiger partial charge in [0.1, 0.15) is 0 Å². The van der Waals surface area contributed by atoms with Crippen molar-refractivity contribution >= 4 is 11.8 Å². The fourth-order valence-electron chi connectivity index (χ4n) is 2.11. The summed E-state index contributed by atoms with van der Waals surface area (Å²) in [6.45, 7) is 8.64. The number of nitrogens with zero attached hydrogens (tertiary/aromatic N) is 1. The van der Waals surface area contributed by atoms with Crippen LogP contribution < -0.4 is 10.6 Å². The topological polar surface area (TPSA) is 61.4 Å². The van der Waals surface area contributed by atoms with Gasteiger partial charge >= 0.3 is 0 Å². The van der Waals surface area contributed by atoms with Gasteiger partial charge < -0.3 is 15.5 Å². The van der Waals surface area contributed by atoms with E-state index in [1.54, 1.807) is 11.9 Å². The number of nitrogens with one attached hydrogen (secondary N) is 2. The van der Waals surface area contributed by atoms with Crippen LogP contribution >= 0.6 is 0 Å². The van der Waals surface area contributed by atoms with Gasteiger partial charge in [0, 0.05) is 31.6 Å². The van der Waals surface area contributed by atoms with E-state index in [1.807, 2.05) is 20.8 Å². The third-order valence-electron chi connectivity index (χ3n) is 3.85. The third kappa shape index (κ3) is 4.82. The van der Waals surface area contributed by atoms with E-state index in [4.69, 9.17) is 0 Å². The Hall–Kier alpha value is -1.10. The molecule has 2 amide bonds. The van der Waals surface area contributed by atoms with Crippen molar-refractivity contribution in [2.24, 2.45) is 0 Å². The highest BCUT2D eigenvalue weighted by Crippen LogP contribution is 2.11. The number of carbonyl (C=O) groups is 2. The van der Waals surface area contributed by atoms with Crippen molar-refractivity contribution in [1.82, 2.24) is 15.5 Å². The van der Waals surface area contributed by atoms with E-state index >= 15 is 0 Å². The van der Waals surface area contributed by atoms with Crippen LogP contribution in [0.1, 0.15) is 47.0 Å². The van der Waals surface area contributed by atoms with Gasteiger partial charge in [0.2, 0.25) is 11.8 Å². The third-order valence-corrected chi connectivity index (χ3v) is 3.85. The molecule has 0 radical (unpaired) electrons. The molecule has 5 nitrogen and oxygen atoms in total. The number of hydrogen-bond donors (Lipinski definition) is 2. The number of piperidine rings is 1. The quantitative estimate of drug-likeness (QED) is 0.779. The normalized spacial score (nSPS) is 22.3. The Morgan fingerprint density at radius 3 is 2.68 bits per heavy atom. The fourth-order valence-corrected chi connectivity index (χ4v) is 2.11. The van der Waals surface area contributed by atoms with Gasteiger partial charge in [0.05, 0.1) is 6.04 Å². The van der Waals surface area contributed by atoms with E-state index in [9.17, 15) is 9.59 Å². The minimum Gasteiger partial charge on any atom is -0.350 e. The van der Waals surface area contributed by atoms with Gasteiger partial charge in [-0.25, -0.2) is 0 Å². The minimum absolute atomic E-state index is 0.0198. The number of hydrogen-bond acceptors (Lipinski definition) is 3. The Morgan fingerprint density at radius 1 is 1.53 bits per heavy atom. The van der Waals surface area contributed by atoms with E-state index in [2.05, 4.69) is 17.6 Å². The van der Waals surface area contributed by atoms with Gasteiger partial charge in [-0.3, -0.25) is 9.59 Å². The Labute approximate surface area is 116 Å². The van der Waals surface area contributed by atoms with E-state index in [1.165, 1.54) is 0 Å². The van der Waals surface area contributed by atoms with Gasteiger partial charge in [-0.1, -0.05) is 6.92 Å². The molecule has 0 aromatic rings. The van der Waals surface area contributed by atoms with Crippen molar-refractivity contribution in [1.29, 1.82) is 0 Å². The maximum absolute atomic E-state index is 12.1. The summed E-state index contributed by atoms with van der Waals surface area (Å²) in [6, 6.07) is -0.0365. The summed E-state index contributed by atoms with van der Waals surface area (Å²) in [5.74, 6) is 0.202. The first-order valence-electron chi connectivity index (χ1n) is 7.07. The summed E-state index contributed by atoms with van der Waals surface area (Å²) in [7, 11) is 1.81. The van der Waals surface area contributed by atoms with Gasteiger partial charge in [-0.2, -0.15) is 0 Å². The summed E-state index contributed by atoms with van der Waals surface area (Å²) in [4.78, 5) is 25.2. The predicted molar refractivity (Wildman–Crippen MR) is 75.8 cm³/mol. The molecule has 1 rings (SSSR count). The molecule has 2 N–H and O–H groups in total. The maximum atomic E-state index is 12.1. The average Bonchev–Trinajstić information content (AvgIpc) is 2.33. The molecular weight excluding hydrogens is 242 g/mol. The summed E-state index contributed by atoms with van der Waals surface area (Å²) in [6.07, 6.45) is 2.26. The molecule has 19 heavy (non-hydrogen) atoms. The lowest BCUT2D eigenvalue weighted by Gasteiger charge is -2.33. The van der Waals surface area contributed by atoms with E-state index in [-0.39, 0.29) is 29.4 Å². The second-order valence-electron chi connectivity index (χ2n) is 6.12. The molecule has 0 aromatic heterocycles. The molecule has 0 aliphatic carbocycles. The Morgan fingerprint density at radius 2 is 2.16 bits per heavy atom. The second-order valence-corrected chi connectivity index (χ2v) is 6.12. The van der Waals surface area contributed by atoms with Crippen LogP contribution in [0.4, 0.5) is 0 Å². The number of rotatable bonds is 5. The molecule has 1 heterocycles. The van der Waals surface area contributed by atoms with Crippen LogP contribution in [0.3, 0.4) is 0 Å². The predicted octanol–water partition coefficient (Wildman–Crippen LogP) is 0.890. The Kier molecular flexibility index (Phi) is 5.35. The summed E-state index contributed by atoms with van der Waals surface area (Å²) in [5.41, 5.74) is -0.174. The lowest BCUT2D eigenvalue weighted by atomic mass is 10.0. The van der Waals surface area contributed by atoms with Gasteiger partial charge in [-0.15, -0.1) is 0 Å². The highest BCUT2D eigenvalue weighted by atomic mass is 16.2. The smallest absolute Gasteiger partial charge is 0.237 e. The van der Waals surface area contributed by atoms with Crippen LogP contribution in [0, 0.1) is 0 Å². The molecule has 1 aliphatic heterocycles. The van der Waals surface area contributed by atoms with E-state index in [0.29, 0.717) is 13.0 Å². The number of carbonyl (C=O) groups excluding carboxylic acids is 2. The van der Waals surface area contributed by atoms with Gasteiger partial charge in [0.15, 0.2) is 0 Å². The molecule has 0 aromatic carbocycles. The molecule has 110 valence electrons. The molecule has 2 atom stereocenters. The standard InChI is InChI=1S/C14H27N3O2/c1-6-14(3,4)16-13(19)10(2)15-11-7-8-12(18)17(5)9-11/h10-11,15H,6-9H2,1-5H3,(H,16,19). The maximum Gasteiger partial charge on any atom is 0.237 e. The monoisotopic (exact) mass is 269 g/mol. The van der Waals surface area contributed by atoms with Crippen LogP contribution in [0.25, 0.3) is 0 Å². The van der Waals surface area contributed by atoms with E-state index in [0.717, 1.165) is 12.8 Å². The number of likely N-dealkylation sites (N-methyl/N-ethyl adjacent to an activating group) is 1. The molecule has 1 fully saturated rings. The highest BCUT2D eigenvalue weighted by molar-refractivity contribution is 5.82. The van der Waals surface area contributed by atoms with Crippen LogP contribution in [0.5, 0.6) is 0 Å². The number of amides is 2. The van der Waals surface area contributed by atoms with Crippen molar-refractivity contribution in [2.45, 2.75) is 64.6 Å². The summed E-state index contributed by atoms with van der Waals surface area (Å²) >= 11 is 0. The van der Waals surface area contributed by atoms with Crippen LogP contribution in [-0.4, -0.2) is 47.9 Å². The number of likely N-dealkylation sites (tertiary alicyclic amines) is 1. The zero-order valence-electron chi connectivity index (χ0n) is 12.7. The van der Waals surface area contributed by atoms with Crippen molar-refractivity contribution in [2.75, 3.05) is 13.6 Å². The average molecular weight is 269 g/mol. The lowest BCUT2D eigenvalue weighted by molar-refractivity contribution is -0.132. The minimum atomic E-state index is -0.238. The zero-order chi connectivity index (χ0) is 14.6.